The van der Waals surface area contributed by atoms with Crippen LogP contribution < -0.4 is 5.73 Å². The summed E-state index contributed by atoms with van der Waals surface area (Å²) in [4.78, 5) is 0.354. The minimum absolute atomic E-state index is 0. The smallest absolute Gasteiger partial charge is 0.243 e. The van der Waals surface area contributed by atoms with E-state index in [9.17, 15) is 8.42 Å². The van der Waals surface area contributed by atoms with Gasteiger partial charge in [-0.2, -0.15) is 4.31 Å². The molecule has 0 spiro atoms. The molecule has 1 heterocycles. The van der Waals surface area contributed by atoms with E-state index < -0.39 is 10.0 Å². The molecule has 0 saturated carbocycles. The highest BCUT2D eigenvalue weighted by molar-refractivity contribution is 7.89. The highest BCUT2D eigenvalue weighted by atomic mass is 35.5. The predicted octanol–water partition coefficient (Wildman–Crippen LogP) is 3.52. The molecule has 25 heavy (non-hydrogen) atoms. The van der Waals surface area contributed by atoms with E-state index in [0.717, 1.165) is 24.0 Å². The molecule has 136 valence electrons. The summed E-state index contributed by atoms with van der Waals surface area (Å²) in [5.41, 5.74) is 8.07. The van der Waals surface area contributed by atoms with Crippen molar-refractivity contribution in [1.29, 1.82) is 0 Å². The molecule has 1 aliphatic rings. The van der Waals surface area contributed by atoms with Crippen molar-refractivity contribution < 1.29 is 8.42 Å². The lowest BCUT2D eigenvalue weighted by molar-refractivity contribution is 0.243. The van der Waals surface area contributed by atoms with Crippen molar-refractivity contribution in [3.63, 3.8) is 0 Å². The molecule has 3 rings (SSSR count). The summed E-state index contributed by atoms with van der Waals surface area (Å²) in [5.74, 6) is 0.233. The number of benzene rings is 2. The van der Waals surface area contributed by atoms with E-state index in [1.807, 2.05) is 49.4 Å². The number of halogens is 1. The van der Waals surface area contributed by atoms with Crippen LogP contribution in [0.4, 0.5) is 0 Å². The van der Waals surface area contributed by atoms with Gasteiger partial charge >= 0.3 is 0 Å². The second-order valence-electron chi connectivity index (χ2n) is 6.51. The maximum Gasteiger partial charge on any atom is 0.243 e. The molecule has 6 heteroatoms. The van der Waals surface area contributed by atoms with Crippen LogP contribution in [-0.2, 0) is 10.0 Å². The largest absolute Gasteiger partial charge is 0.328 e. The van der Waals surface area contributed by atoms with E-state index in [2.05, 4.69) is 0 Å². The molecule has 1 fully saturated rings. The van der Waals surface area contributed by atoms with Crippen LogP contribution >= 0.6 is 12.4 Å². The Labute approximate surface area is 156 Å². The molecule has 1 saturated heterocycles. The third kappa shape index (κ3) is 4.42. The molecule has 1 aliphatic heterocycles. The summed E-state index contributed by atoms with van der Waals surface area (Å²) < 4.78 is 27.4. The molecule has 0 aliphatic carbocycles. The maximum absolute atomic E-state index is 12.9. The average molecular weight is 381 g/mol. The van der Waals surface area contributed by atoms with Gasteiger partial charge in [0.25, 0.3) is 0 Å². The zero-order chi connectivity index (χ0) is 17.2. The summed E-state index contributed by atoms with van der Waals surface area (Å²) in [6.07, 6.45) is 1.87. The average Bonchev–Trinajstić information content (AvgIpc) is 2.62. The minimum atomic E-state index is -3.45. The molecule has 4 nitrogen and oxygen atoms in total. The summed E-state index contributed by atoms with van der Waals surface area (Å²) in [6.45, 7) is 3.04. The van der Waals surface area contributed by atoms with Crippen LogP contribution in [0.15, 0.2) is 59.5 Å². The Morgan fingerprint density at radius 1 is 1.04 bits per heavy atom. The number of nitrogens with two attached hydrogens (primary N) is 1. The molecule has 0 bridgehead atoms. The second-order valence-corrected chi connectivity index (χ2v) is 8.45. The minimum Gasteiger partial charge on any atom is -0.328 e. The van der Waals surface area contributed by atoms with Crippen molar-refractivity contribution in [2.45, 2.75) is 30.7 Å². The Morgan fingerprint density at radius 2 is 1.64 bits per heavy atom. The van der Waals surface area contributed by atoms with E-state index in [4.69, 9.17) is 5.73 Å². The van der Waals surface area contributed by atoms with Crippen molar-refractivity contribution in [3.8, 4) is 11.1 Å². The van der Waals surface area contributed by atoms with Gasteiger partial charge in [-0.15, -0.1) is 12.4 Å². The first-order valence-electron chi connectivity index (χ1n) is 8.40. The monoisotopic (exact) mass is 380 g/mol. The number of sulfonamides is 1. The van der Waals surface area contributed by atoms with Gasteiger partial charge in [0.1, 0.15) is 0 Å². The summed E-state index contributed by atoms with van der Waals surface area (Å²) in [7, 11) is -3.45. The van der Waals surface area contributed by atoms with E-state index in [1.54, 1.807) is 16.4 Å². The Kier molecular flexibility index (Phi) is 6.63. The zero-order valence-corrected chi connectivity index (χ0v) is 16.0. The number of nitrogens with zero attached hydrogens (tertiary/aromatic N) is 1. The highest BCUT2D eigenvalue weighted by Crippen LogP contribution is 2.27. The van der Waals surface area contributed by atoms with Gasteiger partial charge in [0.15, 0.2) is 0 Å². The number of hydrogen-bond acceptors (Lipinski definition) is 3. The number of hydrogen-bond donors (Lipinski definition) is 1. The van der Waals surface area contributed by atoms with Crippen molar-refractivity contribution in [3.05, 3.63) is 54.6 Å². The molecular weight excluding hydrogens is 356 g/mol. The van der Waals surface area contributed by atoms with Crippen LogP contribution in [0.2, 0.25) is 0 Å². The molecule has 2 N–H and O–H groups in total. The third-order valence-electron chi connectivity index (χ3n) is 4.76. The highest BCUT2D eigenvalue weighted by Gasteiger charge is 2.31. The Balaban J connectivity index is 0.00000225. The lowest BCUT2D eigenvalue weighted by Crippen LogP contribution is -2.44. The molecule has 0 aromatic heterocycles. The van der Waals surface area contributed by atoms with Gasteiger partial charge in [-0.1, -0.05) is 42.5 Å². The second kappa shape index (κ2) is 8.32. The number of rotatable bonds is 4. The summed E-state index contributed by atoms with van der Waals surface area (Å²) in [5, 5.41) is 0. The molecule has 0 radical (unpaired) electrons. The van der Waals surface area contributed by atoms with Gasteiger partial charge in [-0.25, -0.2) is 8.42 Å². The third-order valence-corrected chi connectivity index (χ3v) is 6.64. The van der Waals surface area contributed by atoms with Crippen LogP contribution in [0.3, 0.4) is 0 Å². The van der Waals surface area contributed by atoms with Crippen molar-refractivity contribution >= 4 is 22.4 Å². The zero-order valence-electron chi connectivity index (χ0n) is 14.3. The molecule has 2 atom stereocenters. The fourth-order valence-electron chi connectivity index (χ4n) is 3.22. The van der Waals surface area contributed by atoms with Crippen LogP contribution in [0.25, 0.3) is 11.1 Å². The first-order valence-corrected chi connectivity index (χ1v) is 9.84. The Hall–Kier alpha value is -1.40. The molecule has 2 aromatic rings. The predicted molar refractivity (Wildman–Crippen MR) is 104 cm³/mol. The summed E-state index contributed by atoms with van der Waals surface area (Å²) in [6, 6.07) is 17.1. The summed E-state index contributed by atoms with van der Waals surface area (Å²) >= 11 is 0. The van der Waals surface area contributed by atoms with Crippen molar-refractivity contribution in [2.75, 3.05) is 13.1 Å². The van der Waals surface area contributed by atoms with Gasteiger partial charge < -0.3 is 5.73 Å². The standard InChI is InChI=1S/C19H24N2O2S.ClH/c1-15(20)18-8-5-13-21(14-18)24(22,23)19-11-9-17(10-12-19)16-6-3-2-4-7-16;/h2-4,6-7,9-12,15,18H,5,8,13-14,20H2,1H3;1H. The van der Waals surface area contributed by atoms with Crippen LogP contribution in [0.5, 0.6) is 0 Å². The van der Waals surface area contributed by atoms with Crippen LogP contribution in [0, 0.1) is 5.92 Å². The Morgan fingerprint density at radius 3 is 2.24 bits per heavy atom. The van der Waals surface area contributed by atoms with Gasteiger partial charge in [0.2, 0.25) is 10.0 Å². The molecular formula is C19H25ClN2O2S. The van der Waals surface area contributed by atoms with Gasteiger partial charge in [0, 0.05) is 19.1 Å². The fraction of sp³-hybridized carbons (Fsp3) is 0.368. The van der Waals surface area contributed by atoms with E-state index in [0.29, 0.717) is 18.0 Å². The maximum atomic E-state index is 12.9. The first kappa shape index (κ1) is 19.9. The normalized spacial score (nSPS) is 19.8. The SMILES string of the molecule is CC(N)C1CCCN(S(=O)(=O)c2ccc(-c3ccccc3)cc2)C1.Cl. The van der Waals surface area contributed by atoms with E-state index in [1.165, 1.54) is 0 Å². The topological polar surface area (TPSA) is 63.4 Å². The fourth-order valence-corrected chi connectivity index (χ4v) is 4.76. The van der Waals surface area contributed by atoms with E-state index in [-0.39, 0.29) is 24.4 Å². The van der Waals surface area contributed by atoms with Crippen molar-refractivity contribution in [2.24, 2.45) is 11.7 Å². The van der Waals surface area contributed by atoms with Crippen LogP contribution in [-0.4, -0.2) is 31.9 Å². The number of piperidine rings is 1. The lowest BCUT2D eigenvalue weighted by Gasteiger charge is -2.33. The van der Waals surface area contributed by atoms with Crippen molar-refractivity contribution in [1.82, 2.24) is 4.31 Å². The van der Waals surface area contributed by atoms with E-state index >= 15 is 0 Å². The lowest BCUT2D eigenvalue weighted by atomic mass is 9.93. The van der Waals surface area contributed by atoms with Gasteiger partial charge in [0.05, 0.1) is 4.90 Å². The molecule has 2 aromatic carbocycles. The first-order chi connectivity index (χ1) is 11.5. The van der Waals surface area contributed by atoms with Gasteiger partial charge in [-0.05, 0) is 48.9 Å². The van der Waals surface area contributed by atoms with Crippen LogP contribution in [0.1, 0.15) is 19.8 Å². The molecule has 2 unspecified atom stereocenters. The quantitative estimate of drug-likeness (QED) is 0.882. The Bertz CT molecular complexity index is 777. The molecule has 0 amide bonds. The van der Waals surface area contributed by atoms with Gasteiger partial charge in [-0.3, -0.25) is 0 Å².